The van der Waals surface area contributed by atoms with Crippen LogP contribution in [-0.4, -0.2) is 62.0 Å². The van der Waals surface area contributed by atoms with E-state index < -0.39 is 0 Å². The number of piperazine rings is 1. The molecule has 1 aliphatic heterocycles. The molecule has 4 nitrogen and oxygen atoms in total. The van der Waals surface area contributed by atoms with E-state index in [1.807, 2.05) is 4.90 Å². The molecule has 0 spiro atoms. The van der Waals surface area contributed by atoms with Crippen molar-refractivity contribution in [2.75, 3.05) is 46.3 Å². The topological polar surface area (TPSA) is 35.6 Å². The number of hydrogen-bond donors (Lipinski definition) is 1. The van der Waals surface area contributed by atoms with Crippen LogP contribution in [0.15, 0.2) is 0 Å². The fraction of sp³-hybridized carbons (Fsp3) is 0.933. The van der Waals surface area contributed by atoms with Crippen LogP contribution in [0.5, 0.6) is 0 Å². The lowest BCUT2D eigenvalue weighted by Crippen LogP contribution is -2.49. The van der Waals surface area contributed by atoms with Gasteiger partial charge >= 0.3 is 0 Å². The summed E-state index contributed by atoms with van der Waals surface area (Å²) in [5.41, 5.74) is 0. The van der Waals surface area contributed by atoms with Crippen LogP contribution in [0.25, 0.3) is 0 Å². The Hall–Kier alpha value is -0.610. The minimum atomic E-state index is 0.263. The fourth-order valence-corrected chi connectivity index (χ4v) is 2.39. The summed E-state index contributed by atoms with van der Waals surface area (Å²) < 4.78 is 0. The van der Waals surface area contributed by atoms with E-state index in [9.17, 15) is 4.79 Å². The molecule has 112 valence electrons. The zero-order valence-corrected chi connectivity index (χ0v) is 12.8. The van der Waals surface area contributed by atoms with Gasteiger partial charge in [-0.2, -0.15) is 0 Å². The predicted octanol–water partition coefficient (Wildman–Crippen LogP) is 1.71. The highest BCUT2D eigenvalue weighted by molar-refractivity contribution is 5.78. The molecule has 0 aromatic rings. The molecule has 0 aromatic carbocycles. The zero-order valence-electron chi connectivity index (χ0n) is 12.8. The Morgan fingerprint density at radius 3 is 2.32 bits per heavy atom. The second-order valence-corrected chi connectivity index (χ2v) is 5.63. The molecular formula is C15H31N3O. The molecule has 1 aliphatic rings. The van der Waals surface area contributed by atoms with Gasteiger partial charge in [-0.3, -0.25) is 4.79 Å². The lowest BCUT2D eigenvalue weighted by molar-refractivity contribution is -0.131. The van der Waals surface area contributed by atoms with Gasteiger partial charge in [0, 0.05) is 26.2 Å². The summed E-state index contributed by atoms with van der Waals surface area (Å²) in [6, 6.07) is 0. The Kier molecular flexibility index (Phi) is 8.84. The van der Waals surface area contributed by atoms with E-state index in [1.54, 1.807) is 0 Å². The van der Waals surface area contributed by atoms with Crippen LogP contribution in [0.1, 0.15) is 45.4 Å². The zero-order chi connectivity index (χ0) is 13.9. The molecule has 1 heterocycles. The summed E-state index contributed by atoms with van der Waals surface area (Å²) in [5.74, 6) is 0.263. The van der Waals surface area contributed by atoms with Crippen molar-refractivity contribution in [2.24, 2.45) is 0 Å². The van der Waals surface area contributed by atoms with Crippen molar-refractivity contribution < 1.29 is 4.79 Å². The normalized spacial score (nSPS) is 16.8. The summed E-state index contributed by atoms with van der Waals surface area (Å²) in [6.07, 6.45) is 7.83. The molecule has 0 aliphatic carbocycles. The first kappa shape index (κ1) is 16.4. The van der Waals surface area contributed by atoms with E-state index >= 15 is 0 Å². The van der Waals surface area contributed by atoms with Gasteiger partial charge in [0.15, 0.2) is 0 Å². The molecule has 0 aromatic heterocycles. The standard InChI is InChI=1S/C15H31N3O/c1-3-4-5-6-7-8-9-16-14-15(19)18-12-10-17(2)11-13-18/h16H,3-14H2,1-2H3. The van der Waals surface area contributed by atoms with Gasteiger partial charge in [0.05, 0.1) is 6.54 Å². The number of likely N-dealkylation sites (N-methyl/N-ethyl adjacent to an activating group) is 1. The predicted molar refractivity (Wildman–Crippen MR) is 80.3 cm³/mol. The second kappa shape index (κ2) is 10.2. The molecular weight excluding hydrogens is 238 g/mol. The van der Waals surface area contributed by atoms with Crippen molar-refractivity contribution in [2.45, 2.75) is 45.4 Å². The SMILES string of the molecule is CCCCCCCCNCC(=O)N1CCN(C)CC1. The summed E-state index contributed by atoms with van der Waals surface area (Å²) in [4.78, 5) is 16.2. The van der Waals surface area contributed by atoms with Crippen molar-refractivity contribution >= 4 is 5.91 Å². The highest BCUT2D eigenvalue weighted by Gasteiger charge is 2.17. The van der Waals surface area contributed by atoms with Gasteiger partial charge in [0.25, 0.3) is 0 Å². The molecule has 0 saturated carbocycles. The molecule has 4 heteroatoms. The first-order chi connectivity index (χ1) is 9.24. The smallest absolute Gasteiger partial charge is 0.236 e. The molecule has 1 rings (SSSR count). The Balaban J connectivity index is 1.93. The summed E-state index contributed by atoms with van der Waals surface area (Å²) in [5, 5.41) is 3.28. The molecule has 0 atom stereocenters. The maximum Gasteiger partial charge on any atom is 0.236 e. The van der Waals surface area contributed by atoms with E-state index in [0.29, 0.717) is 6.54 Å². The first-order valence-corrected chi connectivity index (χ1v) is 7.91. The van der Waals surface area contributed by atoms with E-state index in [0.717, 1.165) is 32.7 Å². The highest BCUT2D eigenvalue weighted by Crippen LogP contribution is 2.04. The Bertz CT molecular complexity index is 238. The third-order valence-corrected chi connectivity index (χ3v) is 3.84. The van der Waals surface area contributed by atoms with Crippen LogP contribution in [0.3, 0.4) is 0 Å². The molecule has 0 unspecified atom stereocenters. The molecule has 1 saturated heterocycles. The van der Waals surface area contributed by atoms with Gasteiger partial charge in [-0.05, 0) is 20.0 Å². The van der Waals surface area contributed by atoms with Crippen LogP contribution in [0.4, 0.5) is 0 Å². The lowest BCUT2D eigenvalue weighted by atomic mass is 10.1. The average Bonchev–Trinajstić information content (AvgIpc) is 2.42. The number of carbonyl (C=O) groups excluding carboxylic acids is 1. The maximum atomic E-state index is 11.9. The van der Waals surface area contributed by atoms with Gasteiger partial charge in [-0.15, -0.1) is 0 Å². The largest absolute Gasteiger partial charge is 0.339 e. The fourth-order valence-electron chi connectivity index (χ4n) is 2.39. The summed E-state index contributed by atoms with van der Waals surface area (Å²) >= 11 is 0. The monoisotopic (exact) mass is 269 g/mol. The van der Waals surface area contributed by atoms with Gasteiger partial charge < -0.3 is 15.1 Å². The second-order valence-electron chi connectivity index (χ2n) is 5.63. The van der Waals surface area contributed by atoms with Gasteiger partial charge in [-0.1, -0.05) is 39.0 Å². The van der Waals surface area contributed by atoms with Gasteiger partial charge in [-0.25, -0.2) is 0 Å². The summed E-state index contributed by atoms with van der Waals surface area (Å²) in [6.45, 7) is 7.50. The van der Waals surface area contributed by atoms with Crippen molar-refractivity contribution in [3.05, 3.63) is 0 Å². The average molecular weight is 269 g/mol. The number of amides is 1. The number of carbonyl (C=O) groups is 1. The minimum absolute atomic E-state index is 0.263. The van der Waals surface area contributed by atoms with E-state index in [1.165, 1.54) is 38.5 Å². The van der Waals surface area contributed by atoms with E-state index in [-0.39, 0.29) is 5.91 Å². The van der Waals surface area contributed by atoms with Crippen molar-refractivity contribution in [1.29, 1.82) is 0 Å². The van der Waals surface area contributed by atoms with Crippen molar-refractivity contribution in [3.8, 4) is 0 Å². The number of nitrogens with one attached hydrogen (secondary N) is 1. The van der Waals surface area contributed by atoms with Crippen LogP contribution in [-0.2, 0) is 4.79 Å². The highest BCUT2D eigenvalue weighted by atomic mass is 16.2. The molecule has 1 amide bonds. The van der Waals surface area contributed by atoms with Crippen LogP contribution < -0.4 is 5.32 Å². The van der Waals surface area contributed by atoms with Crippen LogP contribution in [0.2, 0.25) is 0 Å². The van der Waals surface area contributed by atoms with Crippen LogP contribution >= 0.6 is 0 Å². The number of hydrogen-bond acceptors (Lipinski definition) is 3. The van der Waals surface area contributed by atoms with Gasteiger partial charge in [0.1, 0.15) is 0 Å². The Labute approximate surface area is 118 Å². The van der Waals surface area contributed by atoms with Crippen molar-refractivity contribution in [3.63, 3.8) is 0 Å². The molecule has 1 fully saturated rings. The quantitative estimate of drug-likeness (QED) is 0.647. The van der Waals surface area contributed by atoms with E-state index in [4.69, 9.17) is 0 Å². The first-order valence-electron chi connectivity index (χ1n) is 7.91. The van der Waals surface area contributed by atoms with E-state index in [2.05, 4.69) is 24.2 Å². The molecule has 19 heavy (non-hydrogen) atoms. The maximum absolute atomic E-state index is 11.9. The minimum Gasteiger partial charge on any atom is -0.339 e. The molecule has 0 bridgehead atoms. The number of unbranched alkanes of at least 4 members (excludes halogenated alkanes) is 5. The Morgan fingerprint density at radius 2 is 1.63 bits per heavy atom. The number of nitrogens with zero attached hydrogens (tertiary/aromatic N) is 2. The summed E-state index contributed by atoms with van der Waals surface area (Å²) in [7, 11) is 2.11. The lowest BCUT2D eigenvalue weighted by Gasteiger charge is -2.32. The Morgan fingerprint density at radius 1 is 1.00 bits per heavy atom. The third-order valence-electron chi connectivity index (χ3n) is 3.84. The molecule has 1 N–H and O–H groups in total. The third kappa shape index (κ3) is 7.53. The molecule has 0 radical (unpaired) electrons. The number of rotatable bonds is 9. The van der Waals surface area contributed by atoms with Gasteiger partial charge in [0.2, 0.25) is 5.91 Å². The van der Waals surface area contributed by atoms with Crippen molar-refractivity contribution in [1.82, 2.24) is 15.1 Å². The van der Waals surface area contributed by atoms with Crippen LogP contribution in [0, 0.1) is 0 Å².